The highest BCUT2D eigenvalue weighted by atomic mass is 16.5. The summed E-state index contributed by atoms with van der Waals surface area (Å²) in [6, 6.07) is 4.70. The van der Waals surface area contributed by atoms with Crippen molar-refractivity contribution in [1.29, 1.82) is 0 Å². The third-order valence-corrected chi connectivity index (χ3v) is 2.66. The van der Waals surface area contributed by atoms with E-state index in [2.05, 4.69) is 9.97 Å². The van der Waals surface area contributed by atoms with Crippen LogP contribution in [0.15, 0.2) is 24.4 Å². The number of aryl methyl sites for hydroxylation is 3. The van der Waals surface area contributed by atoms with Crippen molar-refractivity contribution in [3.05, 3.63) is 46.9 Å². The summed E-state index contributed by atoms with van der Waals surface area (Å²) in [5.41, 5.74) is 2.42. The maximum atomic E-state index is 10.9. The van der Waals surface area contributed by atoms with Crippen molar-refractivity contribution in [3.8, 4) is 11.6 Å². The first kappa shape index (κ1) is 13.0. The van der Waals surface area contributed by atoms with E-state index in [0.717, 1.165) is 11.3 Å². The summed E-state index contributed by atoms with van der Waals surface area (Å²) >= 11 is 0. The van der Waals surface area contributed by atoms with Crippen LogP contribution in [0.3, 0.4) is 0 Å². The number of nitrogens with zero attached hydrogens (tertiary/aromatic N) is 2. The molecule has 2 rings (SSSR count). The van der Waals surface area contributed by atoms with E-state index >= 15 is 0 Å². The molecule has 19 heavy (non-hydrogen) atoms. The fourth-order valence-electron chi connectivity index (χ4n) is 1.61. The molecular weight excluding hydrogens is 244 g/mol. The molecule has 1 aromatic carbocycles. The van der Waals surface area contributed by atoms with Crippen molar-refractivity contribution in [2.45, 2.75) is 20.8 Å². The molecule has 0 aliphatic rings. The minimum absolute atomic E-state index is 0.233. The van der Waals surface area contributed by atoms with E-state index < -0.39 is 5.97 Å². The van der Waals surface area contributed by atoms with E-state index in [0.29, 0.717) is 17.3 Å². The maximum absolute atomic E-state index is 10.9. The average molecular weight is 258 g/mol. The SMILES string of the molecule is Cc1cnc(C)c(Oc2ccc(C(=O)O)cc2C)n1. The summed E-state index contributed by atoms with van der Waals surface area (Å²) < 4.78 is 5.69. The Morgan fingerprint density at radius 2 is 2.00 bits per heavy atom. The van der Waals surface area contributed by atoms with Crippen LogP contribution in [0.4, 0.5) is 0 Å². The van der Waals surface area contributed by atoms with Crippen LogP contribution >= 0.6 is 0 Å². The van der Waals surface area contributed by atoms with Crippen molar-refractivity contribution in [3.63, 3.8) is 0 Å². The zero-order valence-electron chi connectivity index (χ0n) is 11.0. The topological polar surface area (TPSA) is 72.3 Å². The third-order valence-electron chi connectivity index (χ3n) is 2.66. The van der Waals surface area contributed by atoms with Crippen LogP contribution in [0.2, 0.25) is 0 Å². The van der Waals surface area contributed by atoms with Gasteiger partial charge in [-0.25, -0.2) is 9.78 Å². The monoisotopic (exact) mass is 258 g/mol. The van der Waals surface area contributed by atoms with Gasteiger partial charge >= 0.3 is 5.97 Å². The largest absolute Gasteiger partial charge is 0.478 e. The van der Waals surface area contributed by atoms with Crippen LogP contribution in [0.1, 0.15) is 27.3 Å². The fraction of sp³-hybridized carbons (Fsp3) is 0.214. The number of benzene rings is 1. The molecule has 1 aromatic heterocycles. The van der Waals surface area contributed by atoms with Gasteiger partial charge in [0.25, 0.3) is 0 Å². The summed E-state index contributed by atoms with van der Waals surface area (Å²) in [5, 5.41) is 8.91. The van der Waals surface area contributed by atoms with Crippen LogP contribution in [-0.4, -0.2) is 21.0 Å². The highest BCUT2D eigenvalue weighted by Gasteiger charge is 2.10. The highest BCUT2D eigenvalue weighted by molar-refractivity contribution is 5.88. The summed E-state index contributed by atoms with van der Waals surface area (Å²) in [5.74, 6) is 0.0559. The van der Waals surface area contributed by atoms with Crippen molar-refractivity contribution in [1.82, 2.24) is 9.97 Å². The van der Waals surface area contributed by atoms with Gasteiger partial charge in [0.1, 0.15) is 5.75 Å². The predicted octanol–water partition coefficient (Wildman–Crippen LogP) is 2.89. The van der Waals surface area contributed by atoms with Crippen molar-refractivity contribution in [2.75, 3.05) is 0 Å². The molecular formula is C14H14N2O3. The van der Waals surface area contributed by atoms with Crippen LogP contribution in [0.5, 0.6) is 11.6 Å². The summed E-state index contributed by atoms with van der Waals surface area (Å²) in [4.78, 5) is 19.3. The summed E-state index contributed by atoms with van der Waals surface area (Å²) in [7, 11) is 0. The molecule has 1 N–H and O–H groups in total. The van der Waals surface area contributed by atoms with Gasteiger partial charge < -0.3 is 9.84 Å². The molecule has 1 heterocycles. The molecule has 5 nitrogen and oxygen atoms in total. The lowest BCUT2D eigenvalue weighted by atomic mass is 10.1. The van der Waals surface area contributed by atoms with E-state index in [4.69, 9.17) is 9.84 Å². The fourth-order valence-corrected chi connectivity index (χ4v) is 1.61. The lowest BCUT2D eigenvalue weighted by Gasteiger charge is -2.10. The Balaban J connectivity index is 2.33. The number of ether oxygens (including phenoxy) is 1. The second kappa shape index (κ2) is 5.06. The molecule has 0 unspecified atom stereocenters. The zero-order chi connectivity index (χ0) is 14.0. The highest BCUT2D eigenvalue weighted by Crippen LogP contribution is 2.26. The average Bonchev–Trinajstić information content (AvgIpc) is 2.36. The van der Waals surface area contributed by atoms with Gasteiger partial charge in [-0.15, -0.1) is 0 Å². The predicted molar refractivity (Wildman–Crippen MR) is 69.7 cm³/mol. The van der Waals surface area contributed by atoms with Crippen LogP contribution in [0, 0.1) is 20.8 Å². The van der Waals surface area contributed by atoms with Gasteiger partial charge in [0.15, 0.2) is 0 Å². The number of rotatable bonds is 3. The number of carboxylic acid groups (broad SMARTS) is 1. The van der Waals surface area contributed by atoms with Crippen molar-refractivity contribution in [2.24, 2.45) is 0 Å². The lowest BCUT2D eigenvalue weighted by molar-refractivity contribution is 0.0697. The minimum Gasteiger partial charge on any atom is -0.478 e. The second-order valence-electron chi connectivity index (χ2n) is 4.29. The number of hydrogen-bond acceptors (Lipinski definition) is 4. The Bertz CT molecular complexity index is 639. The molecule has 0 atom stereocenters. The minimum atomic E-state index is -0.957. The second-order valence-corrected chi connectivity index (χ2v) is 4.29. The van der Waals surface area contributed by atoms with Crippen molar-refractivity contribution < 1.29 is 14.6 Å². The van der Waals surface area contributed by atoms with E-state index in [-0.39, 0.29) is 5.56 Å². The lowest BCUT2D eigenvalue weighted by Crippen LogP contribution is -2.00. The zero-order valence-corrected chi connectivity index (χ0v) is 11.0. The molecule has 0 saturated carbocycles. The van der Waals surface area contributed by atoms with Crippen molar-refractivity contribution >= 4 is 5.97 Å². The van der Waals surface area contributed by atoms with Crippen LogP contribution < -0.4 is 4.74 Å². The Kier molecular flexibility index (Phi) is 3.46. The molecule has 0 spiro atoms. The van der Waals surface area contributed by atoms with Gasteiger partial charge in [0.2, 0.25) is 5.88 Å². The van der Waals surface area contributed by atoms with Gasteiger partial charge in [-0.1, -0.05) is 0 Å². The maximum Gasteiger partial charge on any atom is 0.335 e. The Morgan fingerprint density at radius 1 is 1.26 bits per heavy atom. The van der Waals surface area contributed by atoms with Gasteiger partial charge in [-0.05, 0) is 44.5 Å². The Labute approximate surface area is 110 Å². The molecule has 5 heteroatoms. The molecule has 0 saturated heterocycles. The summed E-state index contributed by atoms with van der Waals surface area (Å²) in [6.07, 6.45) is 1.67. The van der Waals surface area contributed by atoms with E-state index in [1.807, 2.05) is 13.8 Å². The number of hydrogen-bond donors (Lipinski definition) is 1. The smallest absolute Gasteiger partial charge is 0.335 e. The van der Waals surface area contributed by atoms with Gasteiger partial charge in [-0.3, -0.25) is 4.98 Å². The van der Waals surface area contributed by atoms with E-state index in [1.165, 1.54) is 6.07 Å². The van der Waals surface area contributed by atoms with E-state index in [1.54, 1.807) is 25.3 Å². The van der Waals surface area contributed by atoms with E-state index in [9.17, 15) is 4.79 Å². The quantitative estimate of drug-likeness (QED) is 0.916. The first-order valence-corrected chi connectivity index (χ1v) is 5.79. The molecule has 2 aromatic rings. The summed E-state index contributed by atoms with van der Waals surface area (Å²) in [6.45, 7) is 5.43. The van der Waals surface area contributed by atoms with Crippen LogP contribution in [0.25, 0.3) is 0 Å². The Hall–Kier alpha value is -2.43. The molecule has 0 bridgehead atoms. The first-order valence-electron chi connectivity index (χ1n) is 5.79. The molecule has 0 fully saturated rings. The number of carbonyl (C=O) groups is 1. The molecule has 0 amide bonds. The molecule has 98 valence electrons. The first-order chi connectivity index (χ1) is 8.97. The number of aromatic carboxylic acids is 1. The van der Waals surface area contributed by atoms with Gasteiger partial charge in [0, 0.05) is 6.20 Å². The number of aromatic nitrogens is 2. The normalized spacial score (nSPS) is 10.3. The molecule has 0 radical (unpaired) electrons. The number of carboxylic acids is 1. The standard InChI is InChI=1S/C14H14N2O3/c1-8-6-11(14(17)18)4-5-12(8)19-13-10(3)15-7-9(2)16-13/h4-7H,1-3H3,(H,17,18). The third kappa shape index (κ3) is 2.88. The van der Waals surface area contributed by atoms with Crippen LogP contribution in [-0.2, 0) is 0 Å². The molecule has 0 aliphatic carbocycles. The van der Waals surface area contributed by atoms with Gasteiger partial charge in [0.05, 0.1) is 17.0 Å². The van der Waals surface area contributed by atoms with Gasteiger partial charge in [-0.2, -0.15) is 0 Å². The Morgan fingerprint density at radius 3 is 2.63 bits per heavy atom. The molecule has 0 aliphatic heterocycles.